The first-order valence-electron chi connectivity index (χ1n) is 8.28. The summed E-state index contributed by atoms with van der Waals surface area (Å²) in [4.78, 5) is 50.0. The second kappa shape index (κ2) is 8.41. The summed E-state index contributed by atoms with van der Waals surface area (Å²) < 4.78 is 4.94. The first-order valence-corrected chi connectivity index (χ1v) is 9.42. The lowest BCUT2D eigenvalue weighted by molar-refractivity contribution is -0.150. The molecule has 3 amide bonds. The molecule has 2 aromatic carbocycles. The van der Waals surface area contributed by atoms with E-state index in [1.165, 1.54) is 31.2 Å². The Labute approximate surface area is 180 Å². The number of hydrogen-bond acceptors (Lipinski definition) is 5. The van der Waals surface area contributed by atoms with E-state index in [2.05, 4.69) is 5.32 Å². The van der Waals surface area contributed by atoms with Crippen LogP contribution in [0.15, 0.2) is 36.4 Å². The third-order valence-electron chi connectivity index (χ3n) is 4.18. The molecule has 1 aliphatic heterocycles. The van der Waals surface area contributed by atoms with E-state index in [0.29, 0.717) is 0 Å². The van der Waals surface area contributed by atoms with Gasteiger partial charge in [0.1, 0.15) is 6.04 Å². The van der Waals surface area contributed by atoms with Crippen molar-refractivity contribution >= 4 is 64.2 Å². The Balaban J connectivity index is 1.61. The van der Waals surface area contributed by atoms with Crippen LogP contribution in [-0.4, -0.2) is 41.2 Å². The fraction of sp³-hybridized carbons (Fsp3) is 0.158. The zero-order valence-electron chi connectivity index (χ0n) is 14.9. The highest BCUT2D eigenvalue weighted by Gasteiger charge is 2.41. The molecule has 150 valence electrons. The molecule has 0 radical (unpaired) electrons. The minimum absolute atomic E-state index is 0.151. The van der Waals surface area contributed by atoms with Gasteiger partial charge in [-0.1, -0.05) is 46.9 Å². The molecular weight excluding hydrogens is 443 g/mol. The Hall–Kier alpha value is -2.61. The Bertz CT molecular complexity index is 1010. The highest BCUT2D eigenvalue weighted by molar-refractivity contribution is 6.44. The maximum absolute atomic E-state index is 12.4. The van der Waals surface area contributed by atoms with Crippen LogP contribution in [0.1, 0.15) is 27.6 Å². The maximum atomic E-state index is 12.4. The van der Waals surface area contributed by atoms with Crippen molar-refractivity contribution in [2.45, 2.75) is 13.0 Å². The number of amides is 3. The van der Waals surface area contributed by atoms with Crippen molar-refractivity contribution in [3.05, 3.63) is 62.6 Å². The Morgan fingerprint density at radius 3 is 2.14 bits per heavy atom. The van der Waals surface area contributed by atoms with Gasteiger partial charge in [0.15, 0.2) is 6.61 Å². The first-order chi connectivity index (χ1) is 13.7. The number of esters is 1. The smallest absolute Gasteiger partial charge is 0.329 e. The molecule has 29 heavy (non-hydrogen) atoms. The van der Waals surface area contributed by atoms with Gasteiger partial charge in [0, 0.05) is 0 Å². The normalized spacial score (nSPS) is 13.9. The molecule has 1 atom stereocenters. The number of hydrogen-bond donors (Lipinski definition) is 1. The van der Waals surface area contributed by atoms with Gasteiger partial charge >= 0.3 is 5.97 Å². The third kappa shape index (κ3) is 4.22. The highest BCUT2D eigenvalue weighted by Crippen LogP contribution is 2.32. The fourth-order valence-electron chi connectivity index (χ4n) is 2.73. The van der Waals surface area contributed by atoms with Crippen molar-refractivity contribution in [3.63, 3.8) is 0 Å². The summed E-state index contributed by atoms with van der Waals surface area (Å²) in [5.74, 6) is -2.78. The molecule has 7 nitrogen and oxygen atoms in total. The SMILES string of the molecule is CC(C(=O)OCC(=O)Nc1cc(Cl)c(Cl)cc1Cl)N1C(=O)c2ccccc2C1=O. The van der Waals surface area contributed by atoms with Crippen molar-refractivity contribution in [3.8, 4) is 0 Å². The first kappa shape index (κ1) is 21.1. The lowest BCUT2D eigenvalue weighted by atomic mass is 10.1. The third-order valence-corrected chi connectivity index (χ3v) is 5.22. The van der Waals surface area contributed by atoms with Gasteiger partial charge in [0.25, 0.3) is 17.7 Å². The van der Waals surface area contributed by atoms with Crippen LogP contribution in [0.4, 0.5) is 5.69 Å². The van der Waals surface area contributed by atoms with E-state index in [1.807, 2.05) is 0 Å². The van der Waals surface area contributed by atoms with Gasteiger partial charge in [-0.25, -0.2) is 4.79 Å². The number of halogens is 3. The minimum atomic E-state index is -1.20. The van der Waals surface area contributed by atoms with E-state index < -0.39 is 36.3 Å². The Kier molecular flexibility index (Phi) is 6.12. The lowest BCUT2D eigenvalue weighted by Gasteiger charge is -2.20. The highest BCUT2D eigenvalue weighted by atomic mass is 35.5. The molecule has 10 heteroatoms. The van der Waals surface area contributed by atoms with Crippen molar-refractivity contribution < 1.29 is 23.9 Å². The summed E-state index contributed by atoms with van der Waals surface area (Å²) in [5.41, 5.74) is 0.615. The van der Waals surface area contributed by atoms with E-state index >= 15 is 0 Å². The minimum Gasteiger partial charge on any atom is -0.454 e. The van der Waals surface area contributed by atoms with Crippen molar-refractivity contribution in [2.24, 2.45) is 0 Å². The number of benzene rings is 2. The molecule has 2 aromatic rings. The molecule has 1 heterocycles. The van der Waals surface area contributed by atoms with E-state index in [-0.39, 0.29) is 31.9 Å². The lowest BCUT2D eigenvalue weighted by Crippen LogP contribution is -2.44. The van der Waals surface area contributed by atoms with E-state index in [9.17, 15) is 19.2 Å². The van der Waals surface area contributed by atoms with Gasteiger partial charge in [-0.3, -0.25) is 19.3 Å². The van der Waals surface area contributed by atoms with Gasteiger partial charge < -0.3 is 10.1 Å². The van der Waals surface area contributed by atoms with Crippen molar-refractivity contribution in [1.29, 1.82) is 0 Å². The molecule has 1 N–H and O–H groups in total. The van der Waals surface area contributed by atoms with Gasteiger partial charge in [0.05, 0.1) is 31.9 Å². The summed E-state index contributed by atoms with van der Waals surface area (Å²) >= 11 is 17.7. The summed E-state index contributed by atoms with van der Waals surface area (Å²) in [7, 11) is 0. The molecule has 0 aromatic heterocycles. The predicted octanol–water partition coefficient (Wildman–Crippen LogP) is 3.81. The van der Waals surface area contributed by atoms with Crippen LogP contribution in [0, 0.1) is 0 Å². The molecular formula is C19H13Cl3N2O5. The van der Waals surface area contributed by atoms with Crippen LogP contribution >= 0.6 is 34.8 Å². The number of ether oxygens (including phenoxy) is 1. The molecule has 1 unspecified atom stereocenters. The average molecular weight is 456 g/mol. The van der Waals surface area contributed by atoms with Crippen LogP contribution < -0.4 is 5.32 Å². The summed E-state index contributed by atoms with van der Waals surface area (Å²) in [6, 6.07) is 7.75. The maximum Gasteiger partial charge on any atom is 0.329 e. The fourth-order valence-corrected chi connectivity index (χ4v) is 3.32. The largest absolute Gasteiger partial charge is 0.454 e. The standard InChI is InChI=1S/C19H13Cl3N2O5/c1-9(24-17(26)10-4-2-3-5-11(10)18(24)27)19(28)29-8-16(25)23-15-7-13(21)12(20)6-14(15)22/h2-7,9H,8H2,1H3,(H,23,25). The molecule has 0 saturated heterocycles. The molecule has 0 fully saturated rings. The number of anilines is 1. The molecule has 0 bridgehead atoms. The van der Waals surface area contributed by atoms with Crippen molar-refractivity contribution in [2.75, 3.05) is 11.9 Å². The van der Waals surface area contributed by atoms with Gasteiger partial charge in [-0.05, 0) is 31.2 Å². The molecule has 1 aliphatic rings. The van der Waals surface area contributed by atoms with Crippen LogP contribution in [0.25, 0.3) is 0 Å². The van der Waals surface area contributed by atoms with Gasteiger partial charge in [0.2, 0.25) is 0 Å². The predicted molar refractivity (Wildman–Crippen MR) is 107 cm³/mol. The van der Waals surface area contributed by atoms with E-state index in [4.69, 9.17) is 39.5 Å². The Morgan fingerprint density at radius 2 is 1.55 bits per heavy atom. The zero-order valence-corrected chi connectivity index (χ0v) is 17.1. The van der Waals surface area contributed by atoms with E-state index in [0.717, 1.165) is 4.90 Å². The van der Waals surface area contributed by atoms with E-state index in [1.54, 1.807) is 12.1 Å². The second-order valence-corrected chi connectivity index (χ2v) is 7.33. The number of carbonyl (C=O) groups is 4. The molecule has 0 aliphatic carbocycles. The quantitative estimate of drug-likeness (QED) is 0.420. The number of nitrogens with one attached hydrogen (secondary N) is 1. The van der Waals surface area contributed by atoms with Crippen LogP contribution in [0.3, 0.4) is 0 Å². The second-order valence-electron chi connectivity index (χ2n) is 6.10. The summed E-state index contributed by atoms with van der Waals surface area (Å²) in [5, 5.41) is 2.99. The van der Waals surface area contributed by atoms with Crippen LogP contribution in [-0.2, 0) is 14.3 Å². The number of nitrogens with zero attached hydrogens (tertiary/aromatic N) is 1. The average Bonchev–Trinajstić information content (AvgIpc) is 2.94. The number of fused-ring (bicyclic) bond motifs is 1. The number of imide groups is 1. The monoisotopic (exact) mass is 454 g/mol. The molecule has 0 saturated carbocycles. The molecule has 3 rings (SSSR count). The number of rotatable bonds is 5. The topological polar surface area (TPSA) is 92.8 Å². The summed E-state index contributed by atoms with van der Waals surface area (Å²) in [6.45, 7) is 0.695. The van der Waals surface area contributed by atoms with Crippen molar-refractivity contribution in [1.82, 2.24) is 4.90 Å². The van der Waals surface area contributed by atoms with Crippen LogP contribution in [0.2, 0.25) is 15.1 Å². The van der Waals surface area contributed by atoms with Gasteiger partial charge in [-0.2, -0.15) is 0 Å². The zero-order chi connectivity index (χ0) is 21.3. The van der Waals surface area contributed by atoms with Gasteiger partial charge in [-0.15, -0.1) is 0 Å². The molecule has 0 spiro atoms. The van der Waals surface area contributed by atoms with Crippen LogP contribution in [0.5, 0.6) is 0 Å². The summed E-state index contributed by atoms with van der Waals surface area (Å²) in [6.07, 6.45) is 0. The Morgan fingerprint density at radius 1 is 1.00 bits per heavy atom. The number of carbonyl (C=O) groups excluding carboxylic acids is 4.